The van der Waals surface area contributed by atoms with Gasteiger partial charge in [-0.15, -0.1) is 0 Å². The number of hydrogen-bond donors (Lipinski definition) is 0. The highest BCUT2D eigenvalue weighted by atomic mass is 15.1. The van der Waals surface area contributed by atoms with Crippen molar-refractivity contribution in [1.82, 2.24) is 4.40 Å². The number of para-hydroxylation sites is 1. The van der Waals surface area contributed by atoms with E-state index in [1.165, 1.54) is 244 Å². The summed E-state index contributed by atoms with van der Waals surface area (Å²) < 4.78 is 2.59. The van der Waals surface area contributed by atoms with E-state index in [4.69, 9.17) is 0 Å². The van der Waals surface area contributed by atoms with Gasteiger partial charge in [-0.1, -0.05) is 156 Å². The average molecular weight is 1000 g/mol. The van der Waals surface area contributed by atoms with Gasteiger partial charge in [0.2, 0.25) is 0 Å². The summed E-state index contributed by atoms with van der Waals surface area (Å²) in [4.78, 5) is 5.01. The SMILES string of the molecule is c1cc2c3cc4ccc(N(c5ccc(C6CCCCC6)cc5)c5ccc(C6CCCCC6)cc5)cc4cc3n3c4cc5cc(N(c6ccc(C7CCCCC7)cc6)c6ccc(C7CCCCC7)cc6)ccc5cc4c(c1)c23. The van der Waals surface area contributed by atoms with Gasteiger partial charge in [-0.05, 0) is 216 Å². The fourth-order valence-corrected chi connectivity index (χ4v) is 15.4. The summed E-state index contributed by atoms with van der Waals surface area (Å²) in [5.41, 5.74) is 17.1. The molecule has 0 N–H and O–H groups in total. The Balaban J connectivity index is 0.842. The number of nitrogens with zero attached hydrogens (tertiary/aromatic N) is 3. The van der Waals surface area contributed by atoms with Crippen LogP contribution in [0.5, 0.6) is 0 Å². The second kappa shape index (κ2) is 20.0. The Hall–Kier alpha value is -7.10. The Morgan fingerprint density at radius 2 is 0.558 bits per heavy atom. The van der Waals surface area contributed by atoms with Crippen LogP contribution in [0.1, 0.15) is 174 Å². The van der Waals surface area contributed by atoms with Crippen molar-refractivity contribution in [2.24, 2.45) is 0 Å². The molecular formula is C74H73N3. The van der Waals surface area contributed by atoms with Gasteiger partial charge >= 0.3 is 0 Å². The molecule has 4 saturated carbocycles. The van der Waals surface area contributed by atoms with Crippen LogP contribution in [0.25, 0.3) is 59.6 Å². The number of anilines is 6. The molecule has 0 saturated heterocycles. The molecule has 77 heavy (non-hydrogen) atoms. The second-order valence-corrected chi connectivity index (χ2v) is 24.2. The molecule has 15 rings (SSSR count). The molecule has 0 bridgehead atoms. The zero-order valence-corrected chi connectivity index (χ0v) is 45.0. The molecule has 0 amide bonds. The van der Waals surface area contributed by atoms with Crippen LogP contribution >= 0.6 is 0 Å². The third-order valence-electron chi connectivity index (χ3n) is 19.6. The van der Waals surface area contributed by atoms with Gasteiger partial charge in [0.15, 0.2) is 0 Å². The van der Waals surface area contributed by atoms with Crippen LogP contribution < -0.4 is 9.80 Å². The lowest BCUT2D eigenvalue weighted by molar-refractivity contribution is 0.443. The molecule has 0 atom stereocenters. The summed E-state index contributed by atoms with van der Waals surface area (Å²) in [6.45, 7) is 0. The Morgan fingerprint density at radius 3 is 0.870 bits per heavy atom. The van der Waals surface area contributed by atoms with Crippen molar-refractivity contribution in [3.8, 4) is 0 Å². The number of benzene rings is 9. The van der Waals surface area contributed by atoms with Crippen LogP contribution in [0.2, 0.25) is 0 Å². The van der Waals surface area contributed by atoms with Crippen LogP contribution in [-0.2, 0) is 0 Å². The fourth-order valence-electron chi connectivity index (χ4n) is 15.4. The van der Waals surface area contributed by atoms with E-state index in [9.17, 15) is 0 Å². The van der Waals surface area contributed by atoms with E-state index >= 15 is 0 Å². The van der Waals surface area contributed by atoms with Crippen molar-refractivity contribution < 1.29 is 0 Å². The Kier molecular flexibility index (Phi) is 12.3. The number of fused-ring (bicyclic) bond motifs is 8. The summed E-state index contributed by atoms with van der Waals surface area (Å²) in [6, 6.07) is 69.7. The lowest BCUT2D eigenvalue weighted by Crippen LogP contribution is -2.11. The van der Waals surface area contributed by atoms with Crippen LogP contribution in [-0.4, -0.2) is 4.40 Å². The van der Waals surface area contributed by atoms with Crippen LogP contribution in [0.15, 0.2) is 176 Å². The van der Waals surface area contributed by atoms with E-state index in [0.717, 1.165) is 0 Å². The molecule has 4 aliphatic carbocycles. The maximum atomic E-state index is 2.59. The maximum Gasteiger partial charge on any atom is 0.0620 e. The third-order valence-corrected chi connectivity index (χ3v) is 19.6. The van der Waals surface area contributed by atoms with Gasteiger partial charge < -0.3 is 14.2 Å². The molecule has 0 radical (unpaired) electrons. The lowest BCUT2D eigenvalue weighted by Gasteiger charge is -2.28. The van der Waals surface area contributed by atoms with Gasteiger partial charge in [0.05, 0.1) is 16.6 Å². The topological polar surface area (TPSA) is 10.9 Å². The van der Waals surface area contributed by atoms with Crippen molar-refractivity contribution in [3.05, 3.63) is 198 Å². The largest absolute Gasteiger partial charge is 0.310 e. The zero-order chi connectivity index (χ0) is 50.8. The van der Waals surface area contributed by atoms with Crippen molar-refractivity contribution in [1.29, 1.82) is 0 Å². The summed E-state index contributed by atoms with van der Waals surface area (Å²) in [6.07, 6.45) is 26.8. The molecule has 4 fully saturated rings. The predicted octanol–water partition coefficient (Wildman–Crippen LogP) is 22.3. The normalized spacial score (nSPS) is 17.7. The standard InChI is InChI=1S/C74H73N3/c1-5-14-50(15-6-1)54-24-34-62(35-25-54)75(63-36-26-55(27-37-63)51-16-7-2-8-17-51)66-42-32-58-46-70-68-22-13-23-69-71-47-59-33-43-67(45-61(59)49-73(71)77(74(68)69)72(70)48-60(58)44-66)76(64-38-28-56(29-39-64)52-18-9-3-10-19-52)65-40-30-57(31-41-65)53-20-11-4-12-21-53/h13,22-53H,1-12,14-21H2. The molecular weight excluding hydrogens is 931 g/mol. The van der Waals surface area contributed by atoms with E-state index in [2.05, 4.69) is 190 Å². The van der Waals surface area contributed by atoms with Crippen molar-refractivity contribution in [2.45, 2.75) is 152 Å². The van der Waals surface area contributed by atoms with Gasteiger partial charge in [0.25, 0.3) is 0 Å². The average Bonchev–Trinajstić information content (AvgIpc) is 4.21. The summed E-state index contributed by atoms with van der Waals surface area (Å²) in [5.74, 6) is 2.73. The minimum Gasteiger partial charge on any atom is -0.310 e. The summed E-state index contributed by atoms with van der Waals surface area (Å²) >= 11 is 0. The van der Waals surface area contributed by atoms with E-state index in [-0.39, 0.29) is 0 Å². The Labute approximate surface area is 455 Å². The van der Waals surface area contributed by atoms with E-state index in [1.54, 1.807) is 0 Å². The van der Waals surface area contributed by atoms with Gasteiger partial charge in [0, 0.05) is 55.7 Å². The molecule has 0 unspecified atom stereocenters. The van der Waals surface area contributed by atoms with Gasteiger partial charge in [0.1, 0.15) is 0 Å². The third kappa shape index (κ3) is 8.64. The first kappa shape index (κ1) is 47.1. The molecule has 4 aliphatic rings. The first-order valence-electron chi connectivity index (χ1n) is 30.2. The predicted molar refractivity (Wildman–Crippen MR) is 329 cm³/mol. The molecule has 384 valence electrons. The maximum absolute atomic E-state index is 2.59. The first-order valence-corrected chi connectivity index (χ1v) is 30.2. The number of hydrogen-bond acceptors (Lipinski definition) is 2. The monoisotopic (exact) mass is 1000 g/mol. The first-order chi connectivity index (χ1) is 38.1. The number of aromatic nitrogens is 1. The summed E-state index contributed by atoms with van der Waals surface area (Å²) in [5, 5.41) is 10.3. The highest BCUT2D eigenvalue weighted by Gasteiger charge is 2.24. The van der Waals surface area contributed by atoms with Crippen molar-refractivity contribution in [2.75, 3.05) is 9.80 Å². The second-order valence-electron chi connectivity index (χ2n) is 24.2. The molecule has 2 aromatic heterocycles. The van der Waals surface area contributed by atoms with E-state index in [1.807, 2.05) is 0 Å². The molecule has 3 heteroatoms. The zero-order valence-electron chi connectivity index (χ0n) is 45.0. The van der Waals surface area contributed by atoms with Gasteiger partial charge in [-0.2, -0.15) is 0 Å². The molecule has 11 aromatic rings. The minimum atomic E-state index is 0.681. The van der Waals surface area contributed by atoms with Crippen LogP contribution in [0.4, 0.5) is 34.1 Å². The van der Waals surface area contributed by atoms with Gasteiger partial charge in [-0.25, -0.2) is 0 Å². The molecule has 3 nitrogen and oxygen atoms in total. The minimum absolute atomic E-state index is 0.681. The van der Waals surface area contributed by atoms with E-state index < -0.39 is 0 Å². The van der Waals surface area contributed by atoms with Crippen LogP contribution in [0.3, 0.4) is 0 Å². The quantitative estimate of drug-likeness (QED) is 0.135. The highest BCUT2D eigenvalue weighted by molar-refractivity contribution is 6.26. The molecule has 0 aliphatic heterocycles. The van der Waals surface area contributed by atoms with Crippen LogP contribution in [0, 0.1) is 0 Å². The summed E-state index contributed by atoms with van der Waals surface area (Å²) in [7, 11) is 0. The highest BCUT2D eigenvalue weighted by Crippen LogP contribution is 2.46. The van der Waals surface area contributed by atoms with E-state index in [0.29, 0.717) is 23.7 Å². The van der Waals surface area contributed by atoms with Crippen molar-refractivity contribution in [3.63, 3.8) is 0 Å². The molecule has 9 aromatic carbocycles. The molecule has 0 spiro atoms. The van der Waals surface area contributed by atoms with Crippen molar-refractivity contribution >= 4 is 93.8 Å². The molecule has 2 heterocycles. The fraction of sp³-hybridized carbons (Fsp3) is 0.324. The lowest BCUT2D eigenvalue weighted by atomic mass is 9.84. The number of rotatable bonds is 10. The smallest absolute Gasteiger partial charge is 0.0620 e. The Bertz CT molecular complexity index is 3500. The Morgan fingerprint density at radius 1 is 0.260 bits per heavy atom. The van der Waals surface area contributed by atoms with Gasteiger partial charge in [-0.3, -0.25) is 0 Å².